The summed E-state index contributed by atoms with van der Waals surface area (Å²) < 4.78 is 29.0. The largest absolute Gasteiger partial charge is 0.347 e. The number of carbonyl (C=O) groups excluding carboxylic acids is 1. The first-order valence-corrected chi connectivity index (χ1v) is 6.29. The van der Waals surface area contributed by atoms with Gasteiger partial charge in [-0.15, -0.1) is 12.3 Å². The van der Waals surface area contributed by atoms with Crippen LogP contribution in [0.2, 0.25) is 0 Å². The number of nitrogens with zero attached hydrogens (tertiary/aromatic N) is 4. The lowest BCUT2D eigenvalue weighted by molar-refractivity contribution is -0.121. The van der Waals surface area contributed by atoms with Crippen molar-refractivity contribution in [1.82, 2.24) is 15.5 Å². The van der Waals surface area contributed by atoms with Gasteiger partial charge in [0.2, 0.25) is 17.6 Å². The fourth-order valence-corrected chi connectivity index (χ4v) is 1.67. The van der Waals surface area contributed by atoms with Gasteiger partial charge in [-0.25, -0.2) is 8.78 Å². The zero-order chi connectivity index (χ0) is 15.3. The number of nitrogens with one attached hydrogen (secondary N) is 1. The van der Waals surface area contributed by atoms with Gasteiger partial charge < -0.3 is 9.84 Å². The standard InChI is InChI=1S/C12H13F2N5O2/c1-2-3-5-12(18-19-12)6-4-8(20)15-7-9-16-11(10(13)14)17-21-9/h1,10H,3-7H2,(H,15,20). The third-order valence-corrected chi connectivity index (χ3v) is 2.92. The zero-order valence-corrected chi connectivity index (χ0v) is 11.1. The molecule has 112 valence electrons. The molecule has 1 aromatic rings. The topological polar surface area (TPSA) is 92.7 Å². The first-order valence-electron chi connectivity index (χ1n) is 6.29. The summed E-state index contributed by atoms with van der Waals surface area (Å²) >= 11 is 0. The van der Waals surface area contributed by atoms with Gasteiger partial charge in [-0.3, -0.25) is 4.79 Å². The highest BCUT2D eigenvalue weighted by Gasteiger charge is 2.39. The Balaban J connectivity index is 1.69. The lowest BCUT2D eigenvalue weighted by atomic mass is 10.0. The second-order valence-electron chi connectivity index (χ2n) is 4.51. The first-order chi connectivity index (χ1) is 10.0. The minimum absolute atomic E-state index is 0.0681. The van der Waals surface area contributed by atoms with Crippen LogP contribution >= 0.6 is 0 Å². The normalized spacial score (nSPS) is 15.0. The van der Waals surface area contributed by atoms with E-state index >= 15 is 0 Å². The van der Waals surface area contributed by atoms with Crippen LogP contribution in [-0.2, 0) is 11.3 Å². The van der Waals surface area contributed by atoms with Gasteiger partial charge in [0, 0.05) is 25.7 Å². The molecule has 1 amide bonds. The van der Waals surface area contributed by atoms with Gasteiger partial charge in [-0.05, 0) is 0 Å². The van der Waals surface area contributed by atoms with Gasteiger partial charge in [0.1, 0.15) is 0 Å². The number of amides is 1. The molecule has 1 aliphatic heterocycles. The molecule has 1 aliphatic rings. The molecule has 0 saturated carbocycles. The molecule has 0 spiro atoms. The predicted molar refractivity (Wildman–Crippen MR) is 66.0 cm³/mol. The van der Waals surface area contributed by atoms with Crippen molar-refractivity contribution in [3.05, 3.63) is 11.7 Å². The summed E-state index contributed by atoms with van der Waals surface area (Å²) in [4.78, 5) is 15.1. The number of terminal acetylenes is 1. The van der Waals surface area contributed by atoms with Crippen LogP contribution in [0, 0.1) is 12.3 Å². The van der Waals surface area contributed by atoms with E-state index in [9.17, 15) is 13.6 Å². The first kappa shape index (κ1) is 15.0. The van der Waals surface area contributed by atoms with Gasteiger partial charge in [-0.2, -0.15) is 15.2 Å². The Bertz CT molecular complexity index is 572. The summed E-state index contributed by atoms with van der Waals surface area (Å²) in [5, 5.41) is 13.4. The summed E-state index contributed by atoms with van der Waals surface area (Å²) in [5.74, 6) is 1.47. The number of alkyl halides is 2. The Hall–Kier alpha value is -2.37. The number of rotatable bonds is 8. The summed E-state index contributed by atoms with van der Waals surface area (Å²) in [7, 11) is 0. The van der Waals surface area contributed by atoms with Crippen molar-refractivity contribution in [3.63, 3.8) is 0 Å². The van der Waals surface area contributed by atoms with Crippen LogP contribution < -0.4 is 5.32 Å². The number of hydrogen-bond acceptors (Lipinski definition) is 6. The Morgan fingerprint density at radius 2 is 2.19 bits per heavy atom. The highest BCUT2D eigenvalue weighted by Crippen LogP contribution is 2.37. The molecule has 0 aliphatic carbocycles. The van der Waals surface area contributed by atoms with Crippen LogP contribution in [0.3, 0.4) is 0 Å². The van der Waals surface area contributed by atoms with Crippen LogP contribution in [-0.4, -0.2) is 21.7 Å². The third kappa shape index (κ3) is 4.30. The van der Waals surface area contributed by atoms with E-state index in [-0.39, 0.29) is 24.8 Å². The molecular weight excluding hydrogens is 284 g/mol. The van der Waals surface area contributed by atoms with Crippen molar-refractivity contribution >= 4 is 5.91 Å². The van der Waals surface area contributed by atoms with Crippen LogP contribution in [0.25, 0.3) is 0 Å². The van der Waals surface area contributed by atoms with Crippen molar-refractivity contribution in [2.75, 3.05) is 0 Å². The van der Waals surface area contributed by atoms with E-state index in [2.05, 4.69) is 36.1 Å². The van der Waals surface area contributed by atoms with E-state index in [1.54, 1.807) is 0 Å². The van der Waals surface area contributed by atoms with E-state index in [1.807, 2.05) is 0 Å². The molecule has 0 unspecified atom stereocenters. The van der Waals surface area contributed by atoms with Gasteiger partial charge in [-0.1, -0.05) is 5.16 Å². The van der Waals surface area contributed by atoms with Crippen molar-refractivity contribution in [2.45, 2.75) is 44.3 Å². The van der Waals surface area contributed by atoms with Crippen LogP contribution in [0.15, 0.2) is 14.8 Å². The molecule has 0 fully saturated rings. The van der Waals surface area contributed by atoms with Crippen molar-refractivity contribution in [3.8, 4) is 12.3 Å². The van der Waals surface area contributed by atoms with E-state index < -0.39 is 17.9 Å². The van der Waals surface area contributed by atoms with Crippen molar-refractivity contribution < 1.29 is 18.1 Å². The van der Waals surface area contributed by atoms with E-state index in [1.165, 1.54) is 0 Å². The Morgan fingerprint density at radius 3 is 2.76 bits per heavy atom. The molecule has 1 N–H and O–H groups in total. The fraction of sp³-hybridized carbons (Fsp3) is 0.583. The van der Waals surface area contributed by atoms with Crippen LogP contribution in [0.5, 0.6) is 0 Å². The Kier molecular flexibility index (Phi) is 4.57. The molecule has 0 radical (unpaired) electrons. The Morgan fingerprint density at radius 1 is 1.43 bits per heavy atom. The molecule has 2 rings (SSSR count). The second kappa shape index (κ2) is 6.39. The van der Waals surface area contributed by atoms with Gasteiger partial charge >= 0.3 is 6.43 Å². The van der Waals surface area contributed by atoms with Crippen molar-refractivity contribution in [1.29, 1.82) is 0 Å². The van der Waals surface area contributed by atoms with Gasteiger partial charge in [0.25, 0.3) is 0 Å². The molecule has 9 heteroatoms. The van der Waals surface area contributed by atoms with E-state index in [0.29, 0.717) is 19.3 Å². The highest BCUT2D eigenvalue weighted by molar-refractivity contribution is 5.75. The molecule has 0 aromatic carbocycles. The smallest absolute Gasteiger partial charge is 0.300 e. The van der Waals surface area contributed by atoms with E-state index in [4.69, 9.17) is 6.42 Å². The second-order valence-corrected chi connectivity index (χ2v) is 4.51. The molecule has 0 atom stereocenters. The van der Waals surface area contributed by atoms with E-state index in [0.717, 1.165) is 0 Å². The lowest BCUT2D eigenvalue weighted by Gasteiger charge is -2.08. The summed E-state index contributed by atoms with van der Waals surface area (Å²) in [6.45, 7) is -0.0931. The number of hydrogen-bond donors (Lipinski definition) is 1. The maximum absolute atomic E-state index is 12.2. The zero-order valence-electron chi connectivity index (χ0n) is 11.1. The number of halogens is 2. The fourth-order valence-electron chi connectivity index (χ4n) is 1.67. The quantitative estimate of drug-likeness (QED) is 0.742. The lowest BCUT2D eigenvalue weighted by Crippen LogP contribution is -2.25. The average Bonchev–Trinajstić information content (AvgIpc) is 3.07. The predicted octanol–water partition coefficient (Wildman–Crippen LogP) is 1.98. The van der Waals surface area contributed by atoms with Crippen LogP contribution in [0.1, 0.15) is 43.8 Å². The molecule has 21 heavy (non-hydrogen) atoms. The average molecular weight is 297 g/mol. The molecule has 0 saturated heterocycles. The summed E-state index contributed by atoms with van der Waals surface area (Å²) in [6, 6.07) is 0. The van der Waals surface area contributed by atoms with Crippen molar-refractivity contribution in [2.24, 2.45) is 10.2 Å². The molecule has 2 heterocycles. The molecule has 7 nitrogen and oxygen atoms in total. The maximum atomic E-state index is 12.2. The number of carbonyl (C=O) groups is 1. The molecule has 1 aromatic heterocycles. The van der Waals surface area contributed by atoms with Gasteiger partial charge in [0.05, 0.1) is 6.54 Å². The monoisotopic (exact) mass is 297 g/mol. The highest BCUT2D eigenvalue weighted by atomic mass is 19.3. The van der Waals surface area contributed by atoms with Crippen LogP contribution in [0.4, 0.5) is 8.78 Å². The minimum atomic E-state index is -2.80. The van der Waals surface area contributed by atoms with Gasteiger partial charge in [0.15, 0.2) is 5.66 Å². The SMILES string of the molecule is C#CCCC1(CCC(=O)NCc2nc(C(F)F)no2)N=N1. The summed E-state index contributed by atoms with van der Waals surface area (Å²) in [5.41, 5.74) is -0.517. The Labute approximate surface area is 119 Å². The minimum Gasteiger partial charge on any atom is -0.347 e. The molecular formula is C12H13F2N5O2. The number of aromatic nitrogens is 2. The third-order valence-electron chi connectivity index (χ3n) is 2.92. The summed E-state index contributed by atoms with van der Waals surface area (Å²) in [6.07, 6.45) is 4.21. The maximum Gasteiger partial charge on any atom is 0.300 e. The molecule has 0 bridgehead atoms.